The lowest BCUT2D eigenvalue weighted by atomic mass is 10.3. The van der Waals surface area contributed by atoms with E-state index in [0.29, 0.717) is 0 Å². The third-order valence-corrected chi connectivity index (χ3v) is 1.27. The minimum atomic E-state index is 1.07. The highest BCUT2D eigenvalue weighted by Gasteiger charge is 1.89. The number of nitrogens with two attached hydrogens (primary N) is 1. The molecule has 2 N–H and O–H groups in total. The van der Waals surface area contributed by atoms with Crippen LogP contribution in [0.25, 0.3) is 0 Å². The summed E-state index contributed by atoms with van der Waals surface area (Å²) in [4.78, 5) is 4.12. The Morgan fingerprint density at radius 3 is 2.67 bits per heavy atom. The highest BCUT2D eigenvalue weighted by Crippen LogP contribution is 1.96. The second kappa shape index (κ2) is 2.60. The van der Waals surface area contributed by atoms with Gasteiger partial charge in [0, 0.05) is 11.8 Å². The predicted octanol–water partition coefficient (Wildman–Crippen LogP) is 0.215. The van der Waals surface area contributed by atoms with Crippen LogP contribution in [0.3, 0.4) is 0 Å². The average Bonchev–Trinajstić information content (AvgIpc) is 1.90. The van der Waals surface area contributed by atoms with Gasteiger partial charge >= 0.3 is 0 Å². The van der Waals surface area contributed by atoms with Crippen LogP contribution in [-0.4, -0.2) is 12.0 Å². The molecule has 48 valence electrons. The predicted molar refractivity (Wildman–Crippen MR) is 36.5 cm³/mol. The van der Waals surface area contributed by atoms with E-state index >= 15 is 0 Å². The summed E-state index contributed by atoms with van der Waals surface area (Å²) in [5, 5.41) is 2.03. The van der Waals surface area contributed by atoms with Gasteiger partial charge in [0.1, 0.15) is 5.69 Å². The minimum Gasteiger partial charge on any atom is -0.315 e. The van der Waals surface area contributed by atoms with Crippen molar-refractivity contribution in [2.75, 3.05) is 7.05 Å². The molecule has 1 aromatic rings. The normalized spacial score (nSPS) is 9.56. The molecule has 2 heteroatoms. The van der Waals surface area contributed by atoms with Crippen molar-refractivity contribution < 1.29 is 5.32 Å². The molecule has 0 aliphatic carbocycles. The fourth-order valence-electron chi connectivity index (χ4n) is 0.650. The number of hydrogen-bond donors (Lipinski definition) is 1. The second-order valence-corrected chi connectivity index (χ2v) is 2.02. The molecule has 0 aliphatic rings. The fourth-order valence-corrected chi connectivity index (χ4v) is 0.650. The molecular weight excluding hydrogens is 112 g/mol. The van der Waals surface area contributed by atoms with Gasteiger partial charge in [-0.25, -0.2) is 0 Å². The van der Waals surface area contributed by atoms with Crippen LogP contribution in [0, 0.1) is 6.92 Å². The largest absolute Gasteiger partial charge is 0.315 e. The van der Waals surface area contributed by atoms with Crippen molar-refractivity contribution in [3.05, 3.63) is 24.0 Å². The third-order valence-electron chi connectivity index (χ3n) is 1.27. The summed E-state index contributed by atoms with van der Waals surface area (Å²) in [7, 11) is 2.01. The van der Waals surface area contributed by atoms with E-state index in [4.69, 9.17) is 0 Å². The Bertz CT molecular complexity index is 179. The summed E-state index contributed by atoms with van der Waals surface area (Å²) < 4.78 is 0. The van der Waals surface area contributed by atoms with Gasteiger partial charge in [0.15, 0.2) is 0 Å². The van der Waals surface area contributed by atoms with Gasteiger partial charge in [-0.3, -0.25) is 4.98 Å². The zero-order valence-corrected chi connectivity index (χ0v) is 5.76. The summed E-state index contributed by atoms with van der Waals surface area (Å²) in [6.07, 6.45) is 1.87. The van der Waals surface area contributed by atoms with Crippen LogP contribution in [0.2, 0.25) is 0 Å². The van der Waals surface area contributed by atoms with Gasteiger partial charge in [0.2, 0.25) is 0 Å². The van der Waals surface area contributed by atoms with E-state index in [0.717, 1.165) is 5.69 Å². The van der Waals surface area contributed by atoms with Gasteiger partial charge in [-0.05, 0) is 13.0 Å². The lowest BCUT2D eigenvalue weighted by Crippen LogP contribution is -2.72. The lowest BCUT2D eigenvalue weighted by Gasteiger charge is -1.91. The minimum absolute atomic E-state index is 1.07. The molecule has 0 spiro atoms. The molecule has 0 bridgehead atoms. The molecule has 1 rings (SSSR count). The Labute approximate surface area is 54.9 Å². The number of quaternary nitrogens is 1. The van der Waals surface area contributed by atoms with E-state index in [1.165, 1.54) is 5.69 Å². The van der Waals surface area contributed by atoms with Gasteiger partial charge < -0.3 is 5.32 Å². The first-order chi connectivity index (χ1) is 4.33. The lowest BCUT2D eigenvalue weighted by molar-refractivity contribution is -0.539. The SMILES string of the molecule is C[NH2+]c1ccc(C)nc1. The maximum Gasteiger partial charge on any atom is 0.147 e. The third kappa shape index (κ3) is 1.50. The molecule has 0 radical (unpaired) electrons. The van der Waals surface area contributed by atoms with Crippen molar-refractivity contribution in [3.8, 4) is 0 Å². The number of pyridine rings is 1. The molecule has 0 saturated heterocycles. The number of nitrogens with zero attached hydrogens (tertiary/aromatic N) is 1. The van der Waals surface area contributed by atoms with Crippen molar-refractivity contribution in [1.82, 2.24) is 4.98 Å². The molecule has 2 nitrogen and oxygen atoms in total. The summed E-state index contributed by atoms with van der Waals surface area (Å²) in [6, 6.07) is 4.07. The Morgan fingerprint density at radius 1 is 1.44 bits per heavy atom. The van der Waals surface area contributed by atoms with Crippen LogP contribution in [0.1, 0.15) is 5.69 Å². The zero-order valence-electron chi connectivity index (χ0n) is 5.76. The Kier molecular flexibility index (Phi) is 1.80. The molecular formula is C7H11N2+. The van der Waals surface area contributed by atoms with Gasteiger partial charge in [-0.15, -0.1) is 0 Å². The highest BCUT2D eigenvalue weighted by atomic mass is 14.8. The summed E-state index contributed by atoms with van der Waals surface area (Å²) in [5.74, 6) is 0. The first-order valence-corrected chi connectivity index (χ1v) is 3.05. The van der Waals surface area contributed by atoms with Crippen LogP contribution in [0.4, 0.5) is 5.69 Å². The van der Waals surface area contributed by atoms with Gasteiger partial charge in [-0.1, -0.05) is 0 Å². The van der Waals surface area contributed by atoms with Crippen molar-refractivity contribution >= 4 is 5.69 Å². The second-order valence-electron chi connectivity index (χ2n) is 2.02. The number of aromatic nitrogens is 1. The van der Waals surface area contributed by atoms with E-state index in [1.54, 1.807) is 0 Å². The van der Waals surface area contributed by atoms with E-state index in [1.807, 2.05) is 31.6 Å². The average molecular weight is 123 g/mol. The monoisotopic (exact) mass is 123 g/mol. The molecule has 0 aromatic carbocycles. The molecule has 1 aromatic heterocycles. The molecule has 0 unspecified atom stereocenters. The molecule has 0 aliphatic heterocycles. The summed E-state index contributed by atoms with van der Waals surface area (Å²) in [5.41, 5.74) is 2.25. The van der Waals surface area contributed by atoms with Crippen LogP contribution in [-0.2, 0) is 0 Å². The summed E-state index contributed by atoms with van der Waals surface area (Å²) >= 11 is 0. The van der Waals surface area contributed by atoms with Crippen molar-refractivity contribution in [2.24, 2.45) is 0 Å². The number of hydrogen-bond acceptors (Lipinski definition) is 1. The van der Waals surface area contributed by atoms with Gasteiger partial charge in [0.05, 0.1) is 13.2 Å². The van der Waals surface area contributed by atoms with Crippen molar-refractivity contribution in [3.63, 3.8) is 0 Å². The molecule has 1 heterocycles. The van der Waals surface area contributed by atoms with Crippen LogP contribution < -0.4 is 5.32 Å². The Morgan fingerprint density at radius 2 is 2.22 bits per heavy atom. The van der Waals surface area contributed by atoms with Crippen LogP contribution in [0.5, 0.6) is 0 Å². The molecule has 9 heavy (non-hydrogen) atoms. The van der Waals surface area contributed by atoms with Crippen LogP contribution in [0.15, 0.2) is 18.3 Å². The Balaban J connectivity index is 2.88. The smallest absolute Gasteiger partial charge is 0.147 e. The first kappa shape index (κ1) is 6.23. The van der Waals surface area contributed by atoms with Gasteiger partial charge in [0.25, 0.3) is 0 Å². The highest BCUT2D eigenvalue weighted by molar-refractivity contribution is 5.24. The summed E-state index contributed by atoms with van der Waals surface area (Å²) in [6.45, 7) is 1.99. The molecule has 0 saturated carbocycles. The van der Waals surface area contributed by atoms with E-state index < -0.39 is 0 Å². The number of aryl methyl sites for hydroxylation is 1. The maximum atomic E-state index is 4.12. The first-order valence-electron chi connectivity index (χ1n) is 3.05. The number of rotatable bonds is 1. The Hall–Kier alpha value is -0.890. The van der Waals surface area contributed by atoms with E-state index in [-0.39, 0.29) is 0 Å². The molecule has 0 amide bonds. The van der Waals surface area contributed by atoms with E-state index in [2.05, 4.69) is 11.1 Å². The van der Waals surface area contributed by atoms with Crippen molar-refractivity contribution in [1.29, 1.82) is 0 Å². The quantitative estimate of drug-likeness (QED) is 0.568. The van der Waals surface area contributed by atoms with Crippen molar-refractivity contribution in [2.45, 2.75) is 6.92 Å². The van der Waals surface area contributed by atoms with Gasteiger partial charge in [-0.2, -0.15) is 0 Å². The maximum absolute atomic E-state index is 4.12. The topological polar surface area (TPSA) is 29.5 Å². The zero-order chi connectivity index (χ0) is 6.69. The standard InChI is InChI=1S/C7H10N2/c1-6-3-4-7(8-2)5-9-6/h3-5,8H,1-2H3/p+1. The fraction of sp³-hybridized carbons (Fsp3) is 0.286. The van der Waals surface area contributed by atoms with Crippen LogP contribution >= 0.6 is 0 Å². The van der Waals surface area contributed by atoms with E-state index in [9.17, 15) is 0 Å². The molecule has 0 fully saturated rings. The molecule has 0 atom stereocenters.